The van der Waals surface area contributed by atoms with Gasteiger partial charge in [0.2, 0.25) is 0 Å². The minimum absolute atomic E-state index is 0.106. The van der Waals surface area contributed by atoms with E-state index < -0.39 is 6.67 Å². The molecule has 0 atom stereocenters. The van der Waals surface area contributed by atoms with Crippen LogP contribution in [0.15, 0.2) is 18.2 Å². The summed E-state index contributed by atoms with van der Waals surface area (Å²) in [5.74, 6) is 0.723. The van der Waals surface area contributed by atoms with Crippen molar-refractivity contribution < 1.29 is 9.13 Å². The van der Waals surface area contributed by atoms with Crippen molar-refractivity contribution in [2.75, 3.05) is 13.3 Å². The number of benzene rings is 1. The average molecular weight is 183 g/mol. The Bertz CT molecular complexity index is 276. The van der Waals surface area contributed by atoms with Crippen molar-refractivity contribution in [3.8, 4) is 5.75 Å². The molecule has 0 amide bonds. The first kappa shape index (κ1) is 9.99. The Morgan fingerprint density at radius 1 is 1.46 bits per heavy atom. The van der Waals surface area contributed by atoms with Gasteiger partial charge in [-0.25, -0.2) is 4.39 Å². The number of hydrogen-bond acceptors (Lipinski definition) is 2. The predicted octanol–water partition coefficient (Wildman–Crippen LogP) is 1.80. The highest BCUT2D eigenvalue weighted by Crippen LogP contribution is 2.19. The molecular weight excluding hydrogens is 169 g/mol. The topological polar surface area (TPSA) is 35.2 Å². The lowest BCUT2D eigenvalue weighted by atomic mass is 10.1. The molecule has 2 N–H and O–H groups in total. The molecule has 1 aromatic carbocycles. The van der Waals surface area contributed by atoms with Crippen molar-refractivity contribution in [2.24, 2.45) is 5.73 Å². The van der Waals surface area contributed by atoms with Gasteiger partial charge in [0, 0.05) is 6.54 Å². The fourth-order valence-electron chi connectivity index (χ4n) is 1.08. The summed E-state index contributed by atoms with van der Waals surface area (Å²) in [5, 5.41) is 0. The van der Waals surface area contributed by atoms with Crippen LogP contribution < -0.4 is 10.5 Å². The van der Waals surface area contributed by atoms with E-state index in [0.29, 0.717) is 6.54 Å². The molecule has 0 aliphatic heterocycles. The molecule has 0 saturated carbocycles. The fraction of sp³-hybridized carbons (Fsp3) is 0.400. The van der Waals surface area contributed by atoms with Crippen LogP contribution in [0.2, 0.25) is 0 Å². The predicted molar refractivity (Wildman–Crippen MR) is 50.5 cm³/mol. The van der Waals surface area contributed by atoms with E-state index in [2.05, 4.69) is 0 Å². The first-order valence-electron chi connectivity index (χ1n) is 4.26. The van der Waals surface area contributed by atoms with Gasteiger partial charge in [0.05, 0.1) is 0 Å². The summed E-state index contributed by atoms with van der Waals surface area (Å²) in [5.41, 5.74) is 7.47. The summed E-state index contributed by atoms with van der Waals surface area (Å²) < 4.78 is 17.0. The van der Waals surface area contributed by atoms with E-state index in [-0.39, 0.29) is 6.61 Å². The smallest absolute Gasteiger partial charge is 0.123 e. The van der Waals surface area contributed by atoms with E-state index >= 15 is 0 Å². The minimum atomic E-state index is -0.466. The number of halogens is 1. The summed E-state index contributed by atoms with van der Waals surface area (Å²) in [6, 6.07) is 5.72. The van der Waals surface area contributed by atoms with Crippen LogP contribution in [0.4, 0.5) is 4.39 Å². The van der Waals surface area contributed by atoms with Crippen LogP contribution in [0.3, 0.4) is 0 Å². The van der Waals surface area contributed by atoms with Crippen LogP contribution in [0.25, 0.3) is 0 Å². The molecule has 0 heterocycles. The molecule has 72 valence electrons. The van der Waals surface area contributed by atoms with Crippen LogP contribution in [0.5, 0.6) is 5.75 Å². The summed E-state index contributed by atoms with van der Waals surface area (Å²) >= 11 is 0. The van der Waals surface area contributed by atoms with Crippen molar-refractivity contribution in [3.63, 3.8) is 0 Å². The molecule has 1 rings (SSSR count). The second kappa shape index (κ2) is 4.82. The lowest BCUT2D eigenvalue weighted by Crippen LogP contribution is -2.02. The molecule has 0 saturated heterocycles. The van der Waals surface area contributed by atoms with Crippen molar-refractivity contribution in [1.29, 1.82) is 0 Å². The van der Waals surface area contributed by atoms with Gasteiger partial charge in [-0.1, -0.05) is 12.1 Å². The number of rotatable bonds is 4. The van der Waals surface area contributed by atoms with Gasteiger partial charge in [-0.2, -0.15) is 0 Å². The number of nitrogens with two attached hydrogens (primary N) is 1. The van der Waals surface area contributed by atoms with Crippen molar-refractivity contribution >= 4 is 0 Å². The SMILES string of the molecule is Cc1ccc(CN)cc1OCCF. The molecule has 0 bridgehead atoms. The molecule has 0 unspecified atom stereocenters. The van der Waals surface area contributed by atoms with Gasteiger partial charge in [0.1, 0.15) is 19.0 Å². The minimum Gasteiger partial charge on any atom is -0.491 e. The van der Waals surface area contributed by atoms with Crippen molar-refractivity contribution in [1.82, 2.24) is 0 Å². The number of alkyl halides is 1. The molecule has 13 heavy (non-hydrogen) atoms. The Morgan fingerprint density at radius 2 is 2.23 bits per heavy atom. The number of ether oxygens (including phenoxy) is 1. The third kappa shape index (κ3) is 2.70. The van der Waals surface area contributed by atoms with Gasteiger partial charge >= 0.3 is 0 Å². The van der Waals surface area contributed by atoms with Crippen LogP contribution >= 0.6 is 0 Å². The Kier molecular flexibility index (Phi) is 3.71. The summed E-state index contributed by atoms with van der Waals surface area (Å²) in [6.07, 6.45) is 0. The lowest BCUT2D eigenvalue weighted by molar-refractivity contribution is 0.271. The van der Waals surface area contributed by atoms with E-state index in [9.17, 15) is 4.39 Å². The average Bonchev–Trinajstić information content (AvgIpc) is 2.17. The zero-order valence-corrected chi connectivity index (χ0v) is 7.72. The van der Waals surface area contributed by atoms with E-state index in [4.69, 9.17) is 10.5 Å². The molecule has 0 fully saturated rings. The molecule has 0 aliphatic carbocycles. The largest absolute Gasteiger partial charge is 0.491 e. The first-order valence-corrected chi connectivity index (χ1v) is 4.26. The van der Waals surface area contributed by atoms with Crippen LogP contribution in [0.1, 0.15) is 11.1 Å². The molecule has 0 aromatic heterocycles. The van der Waals surface area contributed by atoms with E-state index in [1.807, 2.05) is 25.1 Å². The third-order valence-electron chi connectivity index (χ3n) is 1.82. The van der Waals surface area contributed by atoms with E-state index in [0.717, 1.165) is 16.9 Å². The van der Waals surface area contributed by atoms with Crippen molar-refractivity contribution in [3.05, 3.63) is 29.3 Å². The van der Waals surface area contributed by atoms with E-state index in [1.165, 1.54) is 0 Å². The highest BCUT2D eigenvalue weighted by Gasteiger charge is 2.00. The van der Waals surface area contributed by atoms with Crippen LogP contribution in [-0.4, -0.2) is 13.3 Å². The van der Waals surface area contributed by atoms with E-state index in [1.54, 1.807) is 0 Å². The molecule has 1 aromatic rings. The Morgan fingerprint density at radius 3 is 2.85 bits per heavy atom. The first-order chi connectivity index (χ1) is 6.27. The third-order valence-corrected chi connectivity index (χ3v) is 1.82. The lowest BCUT2D eigenvalue weighted by Gasteiger charge is -2.08. The van der Waals surface area contributed by atoms with Crippen LogP contribution in [0, 0.1) is 6.92 Å². The van der Waals surface area contributed by atoms with Gasteiger partial charge in [0.15, 0.2) is 0 Å². The van der Waals surface area contributed by atoms with Gasteiger partial charge in [-0.15, -0.1) is 0 Å². The molecular formula is C10H14FNO. The highest BCUT2D eigenvalue weighted by molar-refractivity contribution is 5.36. The van der Waals surface area contributed by atoms with Crippen LogP contribution in [-0.2, 0) is 6.54 Å². The maximum Gasteiger partial charge on any atom is 0.123 e. The molecule has 0 radical (unpaired) electrons. The number of hydrogen-bond donors (Lipinski definition) is 1. The van der Waals surface area contributed by atoms with Gasteiger partial charge < -0.3 is 10.5 Å². The molecule has 3 heteroatoms. The monoisotopic (exact) mass is 183 g/mol. The summed E-state index contributed by atoms with van der Waals surface area (Å²) in [7, 11) is 0. The standard InChI is InChI=1S/C10H14FNO/c1-8-2-3-9(7-12)6-10(8)13-5-4-11/h2-3,6H,4-5,7,12H2,1H3. The molecule has 0 aliphatic rings. The Labute approximate surface area is 77.5 Å². The summed E-state index contributed by atoms with van der Waals surface area (Å²) in [6.45, 7) is 2.04. The normalized spacial score (nSPS) is 10.1. The van der Waals surface area contributed by atoms with Gasteiger partial charge in [-0.05, 0) is 24.1 Å². The Balaban J connectivity index is 2.78. The quantitative estimate of drug-likeness (QED) is 0.772. The fourth-order valence-corrected chi connectivity index (χ4v) is 1.08. The maximum absolute atomic E-state index is 11.8. The van der Waals surface area contributed by atoms with Gasteiger partial charge in [0.25, 0.3) is 0 Å². The van der Waals surface area contributed by atoms with Gasteiger partial charge in [-0.3, -0.25) is 0 Å². The zero-order valence-electron chi connectivity index (χ0n) is 7.72. The second-order valence-corrected chi connectivity index (χ2v) is 2.84. The molecule has 0 spiro atoms. The Hall–Kier alpha value is -1.09. The maximum atomic E-state index is 11.8. The number of aryl methyl sites for hydroxylation is 1. The second-order valence-electron chi connectivity index (χ2n) is 2.84. The molecule has 2 nitrogen and oxygen atoms in total. The summed E-state index contributed by atoms with van der Waals surface area (Å²) in [4.78, 5) is 0. The highest BCUT2D eigenvalue weighted by atomic mass is 19.1. The van der Waals surface area contributed by atoms with Crippen molar-refractivity contribution in [2.45, 2.75) is 13.5 Å². The zero-order chi connectivity index (χ0) is 9.68.